The molecule has 22 heavy (non-hydrogen) atoms. The molecular weight excluding hydrogens is 330 g/mol. The maximum Gasteiger partial charge on any atom is 0.280 e. The third kappa shape index (κ3) is 2.51. The topological polar surface area (TPSA) is 89.3 Å². The highest BCUT2D eigenvalue weighted by Crippen LogP contribution is 2.22. The molecular formula is C13H10ClN3O4S. The molecule has 114 valence electrons. The van der Waals surface area contributed by atoms with Crippen molar-refractivity contribution in [1.29, 1.82) is 0 Å². The van der Waals surface area contributed by atoms with Crippen LogP contribution in [-0.2, 0) is 15.6 Å². The quantitative estimate of drug-likeness (QED) is 0.615. The Morgan fingerprint density at radius 2 is 1.59 bits per heavy atom. The lowest BCUT2D eigenvalue weighted by Gasteiger charge is -2.13. The van der Waals surface area contributed by atoms with Gasteiger partial charge in [-0.2, -0.15) is 5.10 Å². The summed E-state index contributed by atoms with van der Waals surface area (Å²) in [5.41, 5.74) is 0.744. The number of halogens is 1. The van der Waals surface area contributed by atoms with Gasteiger partial charge in [-0.25, -0.2) is 8.42 Å². The Morgan fingerprint density at radius 1 is 1.00 bits per heavy atom. The second kappa shape index (κ2) is 5.22. The van der Waals surface area contributed by atoms with Crippen molar-refractivity contribution in [3.8, 4) is 0 Å². The predicted octanol–water partition coefficient (Wildman–Crippen LogP) is 1.11. The average molecular weight is 340 g/mol. The number of amides is 2. The molecule has 1 aliphatic heterocycles. The van der Waals surface area contributed by atoms with E-state index in [9.17, 15) is 18.0 Å². The van der Waals surface area contributed by atoms with Crippen molar-refractivity contribution in [1.82, 2.24) is 14.7 Å². The summed E-state index contributed by atoms with van der Waals surface area (Å²) in [5, 5.41) is 3.52. The molecule has 2 heterocycles. The van der Waals surface area contributed by atoms with Crippen LogP contribution in [0.3, 0.4) is 0 Å². The molecule has 1 aliphatic rings. The highest BCUT2D eigenvalue weighted by atomic mass is 35.7. The molecule has 0 aliphatic carbocycles. The van der Waals surface area contributed by atoms with Gasteiger partial charge in [0, 0.05) is 23.4 Å². The van der Waals surface area contributed by atoms with Gasteiger partial charge < -0.3 is 0 Å². The number of benzene rings is 1. The summed E-state index contributed by atoms with van der Waals surface area (Å²) in [5.74, 6) is -0.726. The van der Waals surface area contributed by atoms with Gasteiger partial charge in [-0.1, -0.05) is 12.1 Å². The van der Waals surface area contributed by atoms with E-state index in [1.807, 2.05) is 0 Å². The van der Waals surface area contributed by atoms with Crippen LogP contribution in [0.4, 0.5) is 0 Å². The Labute approximate surface area is 130 Å². The predicted molar refractivity (Wildman–Crippen MR) is 77.1 cm³/mol. The SMILES string of the molecule is O=C1c2ccccc2C(=O)N1CCn1ccc(S(=O)(=O)Cl)n1. The third-order valence-electron chi connectivity index (χ3n) is 3.30. The molecule has 3 rings (SSSR count). The second-order valence-electron chi connectivity index (χ2n) is 4.66. The van der Waals surface area contributed by atoms with Crippen LogP contribution in [0.25, 0.3) is 0 Å². The molecule has 2 amide bonds. The smallest absolute Gasteiger partial charge is 0.272 e. The van der Waals surface area contributed by atoms with Crippen molar-refractivity contribution in [3.63, 3.8) is 0 Å². The summed E-state index contributed by atoms with van der Waals surface area (Å²) < 4.78 is 23.6. The number of rotatable bonds is 4. The average Bonchev–Trinajstić information content (AvgIpc) is 3.03. The van der Waals surface area contributed by atoms with Crippen molar-refractivity contribution < 1.29 is 18.0 Å². The summed E-state index contributed by atoms with van der Waals surface area (Å²) in [6.45, 7) is 0.272. The fourth-order valence-electron chi connectivity index (χ4n) is 2.24. The largest absolute Gasteiger partial charge is 0.280 e. The van der Waals surface area contributed by atoms with E-state index in [-0.39, 0.29) is 29.9 Å². The molecule has 7 nitrogen and oxygen atoms in total. The zero-order chi connectivity index (χ0) is 15.9. The molecule has 0 atom stereocenters. The van der Waals surface area contributed by atoms with E-state index in [0.717, 1.165) is 4.90 Å². The minimum atomic E-state index is -3.89. The van der Waals surface area contributed by atoms with Crippen LogP contribution in [0.2, 0.25) is 0 Å². The van der Waals surface area contributed by atoms with Crippen LogP contribution in [-0.4, -0.2) is 41.5 Å². The number of fused-ring (bicyclic) bond motifs is 1. The van der Waals surface area contributed by atoms with Gasteiger partial charge in [-0.3, -0.25) is 19.2 Å². The van der Waals surface area contributed by atoms with Gasteiger partial charge in [0.1, 0.15) is 0 Å². The van der Waals surface area contributed by atoms with Crippen LogP contribution in [0.5, 0.6) is 0 Å². The number of hydrogen-bond donors (Lipinski definition) is 0. The van der Waals surface area contributed by atoms with E-state index in [2.05, 4.69) is 5.10 Å². The van der Waals surface area contributed by atoms with E-state index >= 15 is 0 Å². The number of aromatic nitrogens is 2. The van der Waals surface area contributed by atoms with Gasteiger partial charge in [-0.05, 0) is 18.2 Å². The molecule has 0 bridgehead atoms. The maximum atomic E-state index is 12.2. The molecule has 0 saturated heterocycles. The molecule has 0 saturated carbocycles. The molecule has 2 aromatic rings. The van der Waals surface area contributed by atoms with Crippen LogP contribution in [0, 0.1) is 0 Å². The summed E-state index contributed by atoms with van der Waals surface area (Å²) in [6.07, 6.45) is 1.42. The van der Waals surface area contributed by atoms with E-state index in [1.54, 1.807) is 24.3 Å². The van der Waals surface area contributed by atoms with Crippen LogP contribution in [0.1, 0.15) is 20.7 Å². The van der Waals surface area contributed by atoms with Crippen LogP contribution >= 0.6 is 10.7 Å². The summed E-state index contributed by atoms with van der Waals surface area (Å²) in [6, 6.07) is 7.84. The van der Waals surface area contributed by atoms with Crippen molar-refractivity contribution >= 4 is 31.5 Å². The van der Waals surface area contributed by atoms with Gasteiger partial charge in [0.15, 0.2) is 5.03 Å². The number of hydrogen-bond acceptors (Lipinski definition) is 5. The Morgan fingerprint density at radius 3 is 2.09 bits per heavy atom. The number of carbonyl (C=O) groups excluding carboxylic acids is 2. The van der Waals surface area contributed by atoms with Crippen molar-refractivity contribution in [2.75, 3.05) is 6.54 Å². The summed E-state index contributed by atoms with van der Waals surface area (Å²) in [4.78, 5) is 25.4. The minimum absolute atomic E-state index is 0.0931. The number of imide groups is 1. The molecule has 0 radical (unpaired) electrons. The fourth-order valence-corrected chi connectivity index (χ4v) is 2.92. The third-order valence-corrected chi connectivity index (χ3v) is 4.49. The highest BCUT2D eigenvalue weighted by molar-refractivity contribution is 8.13. The Hall–Kier alpha value is -2.19. The zero-order valence-corrected chi connectivity index (χ0v) is 12.7. The highest BCUT2D eigenvalue weighted by Gasteiger charge is 2.34. The van der Waals surface area contributed by atoms with Gasteiger partial charge >= 0.3 is 0 Å². The number of carbonyl (C=O) groups is 2. The second-order valence-corrected chi connectivity index (χ2v) is 7.18. The van der Waals surface area contributed by atoms with Crippen LogP contribution in [0.15, 0.2) is 41.6 Å². The van der Waals surface area contributed by atoms with Crippen molar-refractivity contribution in [3.05, 3.63) is 47.7 Å². The van der Waals surface area contributed by atoms with Gasteiger partial charge in [0.25, 0.3) is 20.9 Å². The Kier molecular flexibility index (Phi) is 3.50. The standard InChI is InChI=1S/C13H10ClN3O4S/c14-22(20,21)11-5-6-16(15-11)7-8-17-12(18)9-3-1-2-4-10(9)13(17)19/h1-6H,7-8H2. The Bertz CT molecular complexity index is 840. The van der Waals surface area contributed by atoms with Gasteiger partial charge in [0.2, 0.25) is 0 Å². The van der Waals surface area contributed by atoms with E-state index in [4.69, 9.17) is 10.7 Å². The molecule has 0 N–H and O–H groups in total. The summed E-state index contributed by atoms with van der Waals surface area (Å²) in [7, 11) is 1.29. The van der Waals surface area contributed by atoms with Gasteiger partial charge in [0.05, 0.1) is 17.7 Å². The van der Waals surface area contributed by atoms with Crippen molar-refractivity contribution in [2.45, 2.75) is 11.6 Å². The molecule has 0 fully saturated rings. The molecule has 1 aromatic carbocycles. The molecule has 1 aromatic heterocycles. The lowest BCUT2D eigenvalue weighted by molar-refractivity contribution is 0.0647. The monoisotopic (exact) mass is 339 g/mol. The summed E-state index contributed by atoms with van der Waals surface area (Å²) >= 11 is 0. The van der Waals surface area contributed by atoms with Gasteiger partial charge in [-0.15, -0.1) is 0 Å². The minimum Gasteiger partial charge on any atom is -0.272 e. The lowest BCUT2D eigenvalue weighted by Crippen LogP contribution is -2.33. The van der Waals surface area contributed by atoms with Crippen molar-refractivity contribution in [2.24, 2.45) is 0 Å². The molecule has 0 unspecified atom stereocenters. The maximum absolute atomic E-state index is 12.2. The van der Waals surface area contributed by atoms with E-state index < -0.39 is 9.05 Å². The first-order valence-electron chi connectivity index (χ1n) is 6.31. The fraction of sp³-hybridized carbons (Fsp3) is 0.154. The van der Waals surface area contributed by atoms with Crippen LogP contribution < -0.4 is 0 Å². The lowest BCUT2D eigenvalue weighted by atomic mass is 10.1. The van der Waals surface area contributed by atoms with E-state index in [1.165, 1.54) is 16.9 Å². The zero-order valence-electron chi connectivity index (χ0n) is 11.1. The number of nitrogens with zero attached hydrogens (tertiary/aromatic N) is 3. The molecule has 9 heteroatoms. The Balaban J connectivity index is 1.75. The molecule has 0 spiro atoms. The first-order valence-corrected chi connectivity index (χ1v) is 8.62. The normalized spacial score (nSPS) is 14.5. The first kappa shape index (κ1) is 14.7. The van der Waals surface area contributed by atoms with E-state index in [0.29, 0.717) is 11.1 Å². The first-order chi connectivity index (χ1) is 10.4.